The third-order valence-corrected chi connectivity index (χ3v) is 4.50. The topological polar surface area (TPSA) is 38.0 Å². The summed E-state index contributed by atoms with van der Waals surface area (Å²) in [7, 11) is 2.08. The first kappa shape index (κ1) is 14.0. The first-order chi connectivity index (χ1) is 7.49. The molecule has 2 nitrogen and oxygen atoms in total. The molecule has 3 N–H and O–H groups in total. The zero-order valence-electron chi connectivity index (χ0n) is 11.6. The molecule has 96 valence electrons. The minimum Gasteiger partial charge on any atom is -0.328 e. The zero-order chi connectivity index (χ0) is 12.2. The maximum Gasteiger partial charge on any atom is 0.0124 e. The molecule has 4 unspecified atom stereocenters. The quantitative estimate of drug-likeness (QED) is 0.625. The van der Waals surface area contributed by atoms with Crippen LogP contribution in [0.4, 0.5) is 0 Å². The minimum atomic E-state index is 0.356. The second kappa shape index (κ2) is 6.02. The highest BCUT2D eigenvalue weighted by atomic mass is 15.0. The maximum absolute atomic E-state index is 5.86. The van der Waals surface area contributed by atoms with Crippen LogP contribution in [0.15, 0.2) is 0 Å². The van der Waals surface area contributed by atoms with Gasteiger partial charge >= 0.3 is 0 Å². The van der Waals surface area contributed by atoms with Gasteiger partial charge in [0.05, 0.1) is 0 Å². The second-order valence-electron chi connectivity index (χ2n) is 6.14. The lowest BCUT2D eigenvalue weighted by atomic mass is 9.94. The third kappa shape index (κ3) is 4.06. The second-order valence-corrected chi connectivity index (χ2v) is 6.14. The van der Waals surface area contributed by atoms with Crippen LogP contribution in [0.5, 0.6) is 0 Å². The highest BCUT2D eigenvalue weighted by Crippen LogP contribution is 2.49. The summed E-state index contributed by atoms with van der Waals surface area (Å²) in [5.41, 5.74) is 6.47. The average molecular weight is 226 g/mol. The van der Waals surface area contributed by atoms with Gasteiger partial charge < -0.3 is 11.1 Å². The maximum atomic E-state index is 5.86. The van der Waals surface area contributed by atoms with Crippen molar-refractivity contribution in [2.75, 3.05) is 7.05 Å². The van der Waals surface area contributed by atoms with Crippen molar-refractivity contribution >= 4 is 0 Å². The highest BCUT2D eigenvalue weighted by Gasteiger charge is 2.47. The predicted molar refractivity (Wildman–Crippen MR) is 71.5 cm³/mol. The van der Waals surface area contributed by atoms with Crippen molar-refractivity contribution < 1.29 is 0 Å². The van der Waals surface area contributed by atoms with Gasteiger partial charge in [-0.2, -0.15) is 0 Å². The molecule has 1 saturated carbocycles. The molecule has 1 fully saturated rings. The van der Waals surface area contributed by atoms with Crippen molar-refractivity contribution in [3.63, 3.8) is 0 Å². The molecular weight excluding hydrogens is 196 g/mol. The highest BCUT2D eigenvalue weighted by molar-refractivity contribution is 5.03. The summed E-state index contributed by atoms with van der Waals surface area (Å²) in [6, 6.07) is 1.14. The smallest absolute Gasteiger partial charge is 0.0124 e. The molecule has 0 aromatic heterocycles. The van der Waals surface area contributed by atoms with Gasteiger partial charge in [0.2, 0.25) is 0 Å². The van der Waals surface area contributed by atoms with Crippen molar-refractivity contribution in [3.8, 4) is 0 Å². The Hall–Kier alpha value is -0.0800. The van der Waals surface area contributed by atoms with E-state index in [1.807, 2.05) is 0 Å². The number of nitrogens with one attached hydrogen (secondary N) is 1. The van der Waals surface area contributed by atoms with Gasteiger partial charge in [-0.3, -0.25) is 0 Å². The average Bonchev–Trinajstić information content (AvgIpc) is 2.89. The van der Waals surface area contributed by atoms with Crippen LogP contribution in [0.2, 0.25) is 0 Å². The Bertz CT molecular complexity index is 203. The SMILES string of the molecule is CNC1CC1(C)CCCCCC(C)C(C)N. The zero-order valence-corrected chi connectivity index (χ0v) is 11.6. The lowest BCUT2D eigenvalue weighted by Crippen LogP contribution is -2.23. The van der Waals surface area contributed by atoms with E-state index >= 15 is 0 Å². The number of unbranched alkanes of at least 4 members (excludes halogenated alkanes) is 2. The Morgan fingerprint density at radius 2 is 2.00 bits per heavy atom. The molecule has 4 atom stereocenters. The van der Waals surface area contributed by atoms with Crippen molar-refractivity contribution in [1.82, 2.24) is 5.32 Å². The Labute approximate surface area is 101 Å². The number of hydrogen-bond acceptors (Lipinski definition) is 2. The van der Waals surface area contributed by atoms with Crippen LogP contribution >= 0.6 is 0 Å². The molecule has 1 aliphatic rings. The van der Waals surface area contributed by atoms with Gasteiger partial charge in [0, 0.05) is 12.1 Å². The standard InChI is InChI=1S/C14H30N2/c1-11(12(2)15)8-6-5-7-9-14(3)10-13(14)16-4/h11-13,16H,5-10,15H2,1-4H3. The molecule has 0 aromatic carbocycles. The molecule has 0 heterocycles. The van der Waals surface area contributed by atoms with E-state index in [0.717, 1.165) is 6.04 Å². The van der Waals surface area contributed by atoms with Crippen LogP contribution in [-0.2, 0) is 0 Å². The fourth-order valence-corrected chi connectivity index (χ4v) is 2.57. The molecule has 2 heteroatoms. The number of rotatable bonds is 8. The van der Waals surface area contributed by atoms with Crippen LogP contribution < -0.4 is 11.1 Å². The Kier molecular flexibility index (Phi) is 5.26. The summed E-state index contributed by atoms with van der Waals surface area (Å²) in [5.74, 6) is 0.682. The van der Waals surface area contributed by atoms with Gasteiger partial charge in [-0.25, -0.2) is 0 Å². The fraction of sp³-hybridized carbons (Fsp3) is 1.00. The van der Waals surface area contributed by atoms with E-state index in [1.165, 1.54) is 38.5 Å². The fourth-order valence-electron chi connectivity index (χ4n) is 2.57. The van der Waals surface area contributed by atoms with E-state index in [-0.39, 0.29) is 0 Å². The summed E-state index contributed by atoms with van der Waals surface area (Å²) >= 11 is 0. The predicted octanol–water partition coefficient (Wildman–Crippen LogP) is 2.92. The van der Waals surface area contributed by atoms with E-state index in [1.54, 1.807) is 0 Å². The van der Waals surface area contributed by atoms with Gasteiger partial charge in [0.15, 0.2) is 0 Å². The molecule has 0 bridgehead atoms. The first-order valence-electron chi connectivity index (χ1n) is 6.92. The van der Waals surface area contributed by atoms with Crippen LogP contribution in [0, 0.1) is 11.3 Å². The van der Waals surface area contributed by atoms with Gasteiger partial charge in [-0.15, -0.1) is 0 Å². The molecule has 0 aromatic rings. The molecule has 0 saturated heterocycles. The monoisotopic (exact) mass is 226 g/mol. The summed E-state index contributed by atoms with van der Waals surface area (Å²) in [4.78, 5) is 0. The summed E-state index contributed by atoms with van der Waals surface area (Å²) in [6.45, 7) is 6.80. The van der Waals surface area contributed by atoms with Gasteiger partial charge in [-0.05, 0) is 44.6 Å². The lowest BCUT2D eigenvalue weighted by molar-refractivity contribution is 0.403. The molecule has 16 heavy (non-hydrogen) atoms. The summed E-state index contributed by atoms with van der Waals surface area (Å²) in [6.07, 6.45) is 8.18. The van der Waals surface area contributed by atoms with Crippen molar-refractivity contribution in [2.45, 2.75) is 71.4 Å². The van der Waals surface area contributed by atoms with Crippen molar-refractivity contribution in [1.29, 1.82) is 0 Å². The van der Waals surface area contributed by atoms with Gasteiger partial charge in [0.25, 0.3) is 0 Å². The third-order valence-electron chi connectivity index (χ3n) is 4.50. The van der Waals surface area contributed by atoms with E-state index < -0.39 is 0 Å². The van der Waals surface area contributed by atoms with Gasteiger partial charge in [0.1, 0.15) is 0 Å². The number of nitrogens with two attached hydrogens (primary N) is 1. The normalized spacial score (nSPS) is 32.4. The van der Waals surface area contributed by atoms with Crippen molar-refractivity contribution in [3.05, 3.63) is 0 Å². The van der Waals surface area contributed by atoms with E-state index in [4.69, 9.17) is 5.73 Å². The largest absolute Gasteiger partial charge is 0.328 e. The van der Waals surface area contributed by atoms with E-state index in [9.17, 15) is 0 Å². The molecule has 0 amide bonds. The van der Waals surface area contributed by atoms with Crippen LogP contribution in [0.25, 0.3) is 0 Å². The lowest BCUT2D eigenvalue weighted by Gasteiger charge is -2.15. The number of hydrogen-bond donors (Lipinski definition) is 2. The molecule has 0 spiro atoms. The van der Waals surface area contributed by atoms with E-state index in [0.29, 0.717) is 17.4 Å². The van der Waals surface area contributed by atoms with Crippen molar-refractivity contribution in [2.24, 2.45) is 17.1 Å². The Balaban J connectivity index is 1.97. The molecule has 0 radical (unpaired) electrons. The van der Waals surface area contributed by atoms with Crippen LogP contribution in [-0.4, -0.2) is 19.1 Å². The summed E-state index contributed by atoms with van der Waals surface area (Å²) < 4.78 is 0. The first-order valence-corrected chi connectivity index (χ1v) is 6.92. The summed E-state index contributed by atoms with van der Waals surface area (Å²) in [5, 5.41) is 3.39. The van der Waals surface area contributed by atoms with Crippen LogP contribution in [0.3, 0.4) is 0 Å². The van der Waals surface area contributed by atoms with Gasteiger partial charge in [-0.1, -0.05) is 33.1 Å². The Morgan fingerprint density at radius 1 is 1.31 bits per heavy atom. The minimum absolute atomic E-state index is 0.356. The van der Waals surface area contributed by atoms with E-state index in [2.05, 4.69) is 33.1 Å². The Morgan fingerprint density at radius 3 is 2.50 bits per heavy atom. The molecular formula is C14H30N2. The molecule has 1 rings (SSSR count). The molecule has 0 aliphatic heterocycles. The molecule has 1 aliphatic carbocycles. The van der Waals surface area contributed by atoms with Crippen LogP contribution in [0.1, 0.15) is 59.3 Å².